The van der Waals surface area contributed by atoms with E-state index in [1.165, 1.54) is 14.2 Å². The summed E-state index contributed by atoms with van der Waals surface area (Å²) in [4.78, 5) is 21.5. The number of unbranched alkanes of at least 4 members (excludes halogenated alkanes) is 4. The van der Waals surface area contributed by atoms with Crippen molar-refractivity contribution >= 4 is 11.9 Å². The monoisotopic (exact) mass is 333 g/mol. The van der Waals surface area contributed by atoms with E-state index in [0.717, 1.165) is 51.6 Å². The molecule has 3 N–H and O–H groups in total. The predicted molar refractivity (Wildman–Crippen MR) is 86.7 cm³/mol. The Labute approximate surface area is 138 Å². The van der Waals surface area contributed by atoms with E-state index in [1.807, 2.05) is 0 Å². The Hall–Kier alpha value is -1.18. The Morgan fingerprint density at radius 1 is 0.783 bits per heavy atom. The molecule has 0 aliphatic heterocycles. The highest BCUT2D eigenvalue weighted by Gasteiger charge is 2.15. The molecule has 0 spiro atoms. The van der Waals surface area contributed by atoms with Gasteiger partial charge in [-0.15, -0.1) is 0 Å². The van der Waals surface area contributed by atoms with E-state index < -0.39 is 24.1 Å². The molecule has 0 saturated carbocycles. The maximum absolute atomic E-state index is 10.7. The van der Waals surface area contributed by atoms with Gasteiger partial charge in [-0.25, -0.2) is 9.59 Å². The molecule has 7 heteroatoms. The van der Waals surface area contributed by atoms with E-state index in [9.17, 15) is 9.59 Å². The van der Waals surface area contributed by atoms with Gasteiger partial charge in [0.05, 0.1) is 0 Å². The van der Waals surface area contributed by atoms with Gasteiger partial charge in [-0.05, 0) is 38.8 Å². The standard InChI is InChI=1S/C16H31NO6/c1-22-13(15(18)19)9-5-3-7-11-17-12-8-4-6-10-14(23-2)16(20)21/h13-14,17H,3-12H2,1-2H3,(H,18,19)(H,20,21). The molecule has 0 rings (SSSR count). The number of nitrogens with one attached hydrogen (secondary N) is 1. The molecule has 0 aromatic carbocycles. The molecule has 0 radical (unpaired) electrons. The van der Waals surface area contributed by atoms with Crippen LogP contribution < -0.4 is 5.32 Å². The highest BCUT2D eigenvalue weighted by molar-refractivity contribution is 5.72. The first-order valence-corrected chi connectivity index (χ1v) is 8.24. The van der Waals surface area contributed by atoms with Gasteiger partial charge < -0.3 is 25.0 Å². The van der Waals surface area contributed by atoms with Gasteiger partial charge >= 0.3 is 11.9 Å². The third kappa shape index (κ3) is 12.0. The van der Waals surface area contributed by atoms with Crippen LogP contribution in [0, 0.1) is 0 Å². The minimum absolute atomic E-state index is 0.552. The molecule has 0 amide bonds. The first-order valence-electron chi connectivity index (χ1n) is 8.24. The quantitative estimate of drug-likeness (QED) is 0.370. The number of carboxylic acids is 2. The third-order valence-corrected chi connectivity index (χ3v) is 3.76. The fraction of sp³-hybridized carbons (Fsp3) is 0.875. The summed E-state index contributed by atoms with van der Waals surface area (Å²) in [6.07, 6.45) is 5.41. The van der Waals surface area contributed by atoms with Gasteiger partial charge in [0.2, 0.25) is 0 Å². The van der Waals surface area contributed by atoms with Crippen LogP contribution in [-0.2, 0) is 19.1 Å². The number of aliphatic carboxylic acids is 2. The summed E-state index contributed by atoms with van der Waals surface area (Å²) < 4.78 is 9.75. The van der Waals surface area contributed by atoms with Gasteiger partial charge in [0.15, 0.2) is 12.2 Å². The molecule has 0 aliphatic carbocycles. The number of hydrogen-bond donors (Lipinski definition) is 3. The Kier molecular flexibility index (Phi) is 13.7. The maximum atomic E-state index is 10.7. The van der Waals surface area contributed by atoms with Crippen LogP contribution in [-0.4, -0.2) is 61.7 Å². The number of ether oxygens (including phenoxy) is 2. The minimum Gasteiger partial charge on any atom is -0.479 e. The van der Waals surface area contributed by atoms with E-state index in [0.29, 0.717) is 12.8 Å². The molecule has 0 heterocycles. The van der Waals surface area contributed by atoms with Crippen LogP contribution in [0.3, 0.4) is 0 Å². The summed E-state index contributed by atoms with van der Waals surface area (Å²) in [5, 5.41) is 21.0. The molecular weight excluding hydrogens is 302 g/mol. The molecule has 136 valence electrons. The maximum Gasteiger partial charge on any atom is 0.332 e. The normalized spacial score (nSPS) is 13.7. The lowest BCUT2D eigenvalue weighted by Gasteiger charge is -2.10. The van der Waals surface area contributed by atoms with Crippen LogP contribution in [0.2, 0.25) is 0 Å². The SMILES string of the molecule is COC(CCCCCNCCCCCC(OC)C(=O)O)C(=O)O. The number of carboxylic acid groups (broad SMARTS) is 2. The lowest BCUT2D eigenvalue weighted by Crippen LogP contribution is -2.22. The molecule has 0 saturated heterocycles. The number of carbonyl (C=O) groups is 2. The van der Waals surface area contributed by atoms with Gasteiger partial charge in [-0.2, -0.15) is 0 Å². The van der Waals surface area contributed by atoms with Crippen LogP contribution in [0.4, 0.5) is 0 Å². The van der Waals surface area contributed by atoms with Crippen molar-refractivity contribution < 1.29 is 29.3 Å². The third-order valence-electron chi connectivity index (χ3n) is 3.76. The molecule has 7 nitrogen and oxygen atoms in total. The van der Waals surface area contributed by atoms with Crippen LogP contribution >= 0.6 is 0 Å². The smallest absolute Gasteiger partial charge is 0.332 e. The van der Waals surface area contributed by atoms with E-state index in [1.54, 1.807) is 0 Å². The lowest BCUT2D eigenvalue weighted by atomic mass is 10.1. The second kappa shape index (κ2) is 14.4. The number of methoxy groups -OCH3 is 2. The molecule has 0 aromatic heterocycles. The molecule has 0 fully saturated rings. The van der Waals surface area contributed by atoms with E-state index >= 15 is 0 Å². The average molecular weight is 333 g/mol. The summed E-state index contributed by atoms with van der Waals surface area (Å²) in [6.45, 7) is 1.83. The molecule has 23 heavy (non-hydrogen) atoms. The average Bonchev–Trinajstić information content (AvgIpc) is 2.51. The van der Waals surface area contributed by atoms with Crippen molar-refractivity contribution in [1.82, 2.24) is 5.32 Å². The number of rotatable bonds is 16. The van der Waals surface area contributed by atoms with E-state index in [2.05, 4.69) is 5.32 Å². The summed E-state index contributed by atoms with van der Waals surface area (Å²) in [7, 11) is 2.84. The highest BCUT2D eigenvalue weighted by atomic mass is 16.5. The fourth-order valence-electron chi connectivity index (χ4n) is 2.32. The Bertz CT molecular complexity index is 294. The van der Waals surface area contributed by atoms with E-state index in [-0.39, 0.29) is 0 Å². The van der Waals surface area contributed by atoms with Crippen LogP contribution in [0.15, 0.2) is 0 Å². The number of hydrogen-bond acceptors (Lipinski definition) is 5. The zero-order valence-electron chi connectivity index (χ0n) is 14.3. The minimum atomic E-state index is -0.899. The second-order valence-electron chi connectivity index (χ2n) is 5.57. The predicted octanol–water partition coefficient (Wildman–Crippen LogP) is 1.90. The topological polar surface area (TPSA) is 105 Å². The van der Waals surface area contributed by atoms with Gasteiger partial charge in [0.25, 0.3) is 0 Å². The van der Waals surface area contributed by atoms with Crippen molar-refractivity contribution in [2.45, 2.75) is 63.6 Å². The molecule has 0 bridgehead atoms. The van der Waals surface area contributed by atoms with Gasteiger partial charge in [-0.3, -0.25) is 0 Å². The van der Waals surface area contributed by atoms with Gasteiger partial charge in [0, 0.05) is 14.2 Å². The van der Waals surface area contributed by atoms with Crippen molar-refractivity contribution in [1.29, 1.82) is 0 Å². The van der Waals surface area contributed by atoms with Gasteiger partial charge in [0.1, 0.15) is 0 Å². The van der Waals surface area contributed by atoms with Crippen molar-refractivity contribution in [3.63, 3.8) is 0 Å². The zero-order chi connectivity index (χ0) is 17.5. The summed E-state index contributed by atoms with van der Waals surface area (Å²) in [6, 6.07) is 0. The summed E-state index contributed by atoms with van der Waals surface area (Å²) >= 11 is 0. The van der Waals surface area contributed by atoms with Crippen molar-refractivity contribution in [2.24, 2.45) is 0 Å². The van der Waals surface area contributed by atoms with Crippen LogP contribution in [0.25, 0.3) is 0 Å². The van der Waals surface area contributed by atoms with Crippen molar-refractivity contribution in [3.05, 3.63) is 0 Å². The Morgan fingerprint density at radius 3 is 1.48 bits per heavy atom. The highest BCUT2D eigenvalue weighted by Crippen LogP contribution is 2.07. The lowest BCUT2D eigenvalue weighted by molar-refractivity contribution is -0.149. The molecule has 2 atom stereocenters. The first-order chi connectivity index (χ1) is 11.0. The van der Waals surface area contributed by atoms with Crippen molar-refractivity contribution in [2.75, 3.05) is 27.3 Å². The fourth-order valence-corrected chi connectivity index (χ4v) is 2.32. The summed E-state index contributed by atoms with van der Waals surface area (Å²) in [5.41, 5.74) is 0. The Balaban J connectivity index is 3.34. The first kappa shape index (κ1) is 21.8. The van der Waals surface area contributed by atoms with Gasteiger partial charge in [-0.1, -0.05) is 25.7 Å². The summed E-state index contributed by atoms with van der Waals surface area (Å²) in [5.74, 6) is -1.80. The van der Waals surface area contributed by atoms with Crippen molar-refractivity contribution in [3.8, 4) is 0 Å². The largest absolute Gasteiger partial charge is 0.479 e. The molecule has 0 aromatic rings. The molecular formula is C16H31NO6. The Morgan fingerprint density at radius 2 is 1.17 bits per heavy atom. The van der Waals surface area contributed by atoms with Crippen LogP contribution in [0.5, 0.6) is 0 Å². The van der Waals surface area contributed by atoms with Crippen LogP contribution in [0.1, 0.15) is 51.4 Å². The molecule has 2 unspecified atom stereocenters. The zero-order valence-corrected chi connectivity index (χ0v) is 14.3. The second-order valence-corrected chi connectivity index (χ2v) is 5.57. The van der Waals surface area contributed by atoms with E-state index in [4.69, 9.17) is 19.7 Å². The molecule has 0 aliphatic rings.